The Morgan fingerprint density at radius 3 is 2.41 bits per heavy atom. The molecule has 1 fully saturated rings. The summed E-state index contributed by atoms with van der Waals surface area (Å²) in [7, 11) is 0. The van der Waals surface area contributed by atoms with Gasteiger partial charge in [-0.25, -0.2) is 0 Å². The molecule has 0 aromatic carbocycles. The van der Waals surface area contributed by atoms with Crippen molar-refractivity contribution < 1.29 is 18.0 Å². The van der Waals surface area contributed by atoms with Crippen LogP contribution >= 0.6 is 0 Å². The largest absolute Gasteiger partial charge is 0.450 e. The number of alkyl halides is 3. The molecule has 0 unspecified atom stereocenters. The molecule has 2 nitrogen and oxygen atoms in total. The van der Waals surface area contributed by atoms with Crippen LogP contribution in [0.3, 0.4) is 0 Å². The van der Waals surface area contributed by atoms with Gasteiger partial charge in [0.1, 0.15) is 0 Å². The molecule has 0 aromatic rings. The van der Waals surface area contributed by atoms with Crippen LogP contribution in [0.5, 0.6) is 0 Å². The van der Waals surface area contributed by atoms with E-state index in [2.05, 4.69) is 5.32 Å². The molecule has 1 aliphatic heterocycles. The molecule has 0 saturated carbocycles. The van der Waals surface area contributed by atoms with Crippen molar-refractivity contribution in [3.63, 3.8) is 0 Å². The number of hydrogen-bond acceptors (Lipinski definition) is 2. The number of halogens is 3. The van der Waals surface area contributed by atoms with Crippen LogP contribution in [0, 0.1) is 11.8 Å². The fourth-order valence-electron chi connectivity index (χ4n) is 2.46. The molecule has 1 atom stereocenters. The van der Waals surface area contributed by atoms with Crippen LogP contribution in [0.1, 0.15) is 39.0 Å². The van der Waals surface area contributed by atoms with E-state index in [1.165, 1.54) is 0 Å². The molecule has 5 heteroatoms. The molecule has 1 saturated heterocycles. The predicted molar refractivity (Wildman–Crippen MR) is 59.7 cm³/mol. The van der Waals surface area contributed by atoms with Gasteiger partial charge in [0, 0.05) is 5.92 Å². The summed E-state index contributed by atoms with van der Waals surface area (Å²) in [5, 5.41) is 3.17. The van der Waals surface area contributed by atoms with E-state index in [0.29, 0.717) is 19.3 Å². The third-order valence-corrected chi connectivity index (χ3v) is 3.36. The van der Waals surface area contributed by atoms with E-state index < -0.39 is 17.9 Å². The Labute approximate surface area is 100.0 Å². The zero-order valence-electron chi connectivity index (χ0n) is 10.1. The van der Waals surface area contributed by atoms with E-state index in [9.17, 15) is 18.0 Å². The Balaban J connectivity index is 2.55. The summed E-state index contributed by atoms with van der Waals surface area (Å²) in [6, 6.07) is 0. The van der Waals surface area contributed by atoms with Gasteiger partial charge in [-0.05, 0) is 44.7 Å². The van der Waals surface area contributed by atoms with Crippen LogP contribution < -0.4 is 5.32 Å². The van der Waals surface area contributed by atoms with Crippen LogP contribution in [-0.2, 0) is 4.79 Å². The molecule has 1 rings (SSSR count). The fraction of sp³-hybridized carbons (Fsp3) is 0.917. The third-order valence-electron chi connectivity index (χ3n) is 3.36. The second-order valence-corrected chi connectivity index (χ2v) is 4.78. The average molecular weight is 251 g/mol. The highest BCUT2D eigenvalue weighted by Gasteiger charge is 2.43. The SMILES string of the molecule is CCC[C@H](CC1CCNCC1)C(=O)C(F)(F)F. The quantitative estimate of drug-likeness (QED) is 0.814. The van der Waals surface area contributed by atoms with Crippen molar-refractivity contribution in [2.45, 2.75) is 45.2 Å². The summed E-state index contributed by atoms with van der Waals surface area (Å²) in [6.45, 7) is 3.52. The number of Topliss-reactive ketones (excluding diaryl/α,β-unsaturated/α-hetero) is 1. The molecule has 0 aromatic heterocycles. The monoisotopic (exact) mass is 251 g/mol. The molecule has 100 valence electrons. The first kappa shape index (κ1) is 14.5. The Morgan fingerprint density at radius 1 is 1.35 bits per heavy atom. The van der Waals surface area contributed by atoms with E-state index in [1.807, 2.05) is 6.92 Å². The summed E-state index contributed by atoms with van der Waals surface area (Å²) in [4.78, 5) is 11.3. The minimum absolute atomic E-state index is 0.263. The van der Waals surface area contributed by atoms with Gasteiger partial charge in [-0.1, -0.05) is 13.3 Å². The predicted octanol–water partition coefficient (Wildman–Crippen LogP) is 2.92. The summed E-state index contributed by atoms with van der Waals surface area (Å²) in [6.07, 6.45) is -1.54. The number of hydrogen-bond donors (Lipinski definition) is 1. The molecule has 0 radical (unpaired) electrons. The zero-order valence-corrected chi connectivity index (χ0v) is 10.1. The second kappa shape index (κ2) is 6.38. The fourth-order valence-corrected chi connectivity index (χ4v) is 2.46. The van der Waals surface area contributed by atoms with Gasteiger partial charge in [0.05, 0.1) is 0 Å². The van der Waals surface area contributed by atoms with Crippen LogP contribution in [0.25, 0.3) is 0 Å². The van der Waals surface area contributed by atoms with Crippen molar-refractivity contribution in [1.82, 2.24) is 5.32 Å². The molecule has 1 heterocycles. The van der Waals surface area contributed by atoms with Gasteiger partial charge in [0.25, 0.3) is 0 Å². The van der Waals surface area contributed by atoms with Gasteiger partial charge in [0.2, 0.25) is 5.78 Å². The number of ketones is 1. The van der Waals surface area contributed by atoms with Gasteiger partial charge >= 0.3 is 6.18 Å². The maximum Gasteiger partial charge on any atom is 0.450 e. The maximum atomic E-state index is 12.4. The lowest BCUT2D eigenvalue weighted by Gasteiger charge is -2.26. The first-order chi connectivity index (χ1) is 7.95. The summed E-state index contributed by atoms with van der Waals surface area (Å²) in [5.41, 5.74) is 0. The number of carbonyl (C=O) groups is 1. The number of nitrogens with one attached hydrogen (secondary N) is 1. The lowest BCUT2D eigenvalue weighted by molar-refractivity contribution is -0.176. The highest BCUT2D eigenvalue weighted by atomic mass is 19.4. The van der Waals surface area contributed by atoms with Gasteiger partial charge in [-0.3, -0.25) is 4.79 Å². The normalized spacial score (nSPS) is 20.2. The molecule has 1 aliphatic rings. The van der Waals surface area contributed by atoms with E-state index >= 15 is 0 Å². The maximum absolute atomic E-state index is 12.4. The lowest BCUT2D eigenvalue weighted by Crippen LogP contribution is -2.34. The van der Waals surface area contributed by atoms with Crippen molar-refractivity contribution in [2.24, 2.45) is 11.8 Å². The van der Waals surface area contributed by atoms with Crippen LogP contribution in [-0.4, -0.2) is 25.0 Å². The Bertz CT molecular complexity index is 247. The molecule has 17 heavy (non-hydrogen) atoms. The summed E-state index contributed by atoms with van der Waals surface area (Å²) < 4.78 is 37.2. The van der Waals surface area contributed by atoms with E-state index in [0.717, 1.165) is 25.9 Å². The standard InChI is InChI=1S/C12H20F3NO/c1-2-3-10(11(17)12(13,14)15)8-9-4-6-16-7-5-9/h9-10,16H,2-8H2,1H3/t10-/m1/s1. The van der Waals surface area contributed by atoms with Crippen molar-refractivity contribution in [1.29, 1.82) is 0 Å². The average Bonchev–Trinajstić information content (AvgIpc) is 2.28. The third kappa shape index (κ3) is 4.66. The van der Waals surface area contributed by atoms with Crippen molar-refractivity contribution >= 4 is 5.78 Å². The molecular weight excluding hydrogens is 231 g/mol. The van der Waals surface area contributed by atoms with Gasteiger partial charge in [-0.2, -0.15) is 13.2 Å². The van der Waals surface area contributed by atoms with Crippen LogP contribution in [0.2, 0.25) is 0 Å². The molecular formula is C12H20F3NO. The minimum atomic E-state index is -4.67. The van der Waals surface area contributed by atoms with E-state index in [-0.39, 0.29) is 5.92 Å². The van der Waals surface area contributed by atoms with Crippen LogP contribution in [0.4, 0.5) is 13.2 Å². The minimum Gasteiger partial charge on any atom is -0.317 e. The Hall–Kier alpha value is -0.580. The second-order valence-electron chi connectivity index (χ2n) is 4.78. The first-order valence-electron chi connectivity index (χ1n) is 6.27. The lowest BCUT2D eigenvalue weighted by atomic mass is 9.83. The molecule has 0 bridgehead atoms. The summed E-state index contributed by atoms with van der Waals surface area (Å²) >= 11 is 0. The molecule has 0 spiro atoms. The topological polar surface area (TPSA) is 29.1 Å². The number of rotatable bonds is 5. The van der Waals surface area contributed by atoms with Gasteiger partial charge in [0.15, 0.2) is 0 Å². The number of piperidine rings is 1. The first-order valence-corrected chi connectivity index (χ1v) is 6.27. The Kier molecular flexibility index (Phi) is 5.43. The van der Waals surface area contributed by atoms with Crippen molar-refractivity contribution in [2.75, 3.05) is 13.1 Å². The van der Waals surface area contributed by atoms with E-state index in [4.69, 9.17) is 0 Å². The molecule has 0 aliphatic carbocycles. The smallest absolute Gasteiger partial charge is 0.317 e. The van der Waals surface area contributed by atoms with Gasteiger partial charge < -0.3 is 5.32 Å². The van der Waals surface area contributed by atoms with Crippen molar-refractivity contribution in [3.05, 3.63) is 0 Å². The van der Waals surface area contributed by atoms with Crippen LogP contribution in [0.15, 0.2) is 0 Å². The highest BCUT2D eigenvalue weighted by Crippen LogP contribution is 2.30. The van der Waals surface area contributed by atoms with Crippen molar-refractivity contribution in [3.8, 4) is 0 Å². The van der Waals surface area contributed by atoms with Gasteiger partial charge in [-0.15, -0.1) is 0 Å². The zero-order chi connectivity index (χ0) is 12.9. The Morgan fingerprint density at radius 2 is 1.94 bits per heavy atom. The molecule has 0 amide bonds. The molecule has 1 N–H and O–H groups in total. The highest BCUT2D eigenvalue weighted by molar-refractivity contribution is 5.86. The van der Waals surface area contributed by atoms with E-state index in [1.54, 1.807) is 0 Å². The number of carbonyl (C=O) groups excluding carboxylic acids is 1. The summed E-state index contributed by atoms with van der Waals surface area (Å²) in [5.74, 6) is -2.10.